The number of ketones is 1. The van der Waals surface area contributed by atoms with E-state index in [4.69, 9.17) is 0 Å². The fraction of sp³-hybridized carbons (Fsp3) is 0.529. The molecule has 114 valence electrons. The molecule has 5 heterocycles. The summed E-state index contributed by atoms with van der Waals surface area (Å²) in [5.41, 5.74) is -0.0490. The van der Waals surface area contributed by atoms with Gasteiger partial charge in [-0.1, -0.05) is 25.1 Å². The van der Waals surface area contributed by atoms with Gasteiger partial charge in [0.1, 0.15) is 5.54 Å². The van der Waals surface area contributed by atoms with E-state index in [2.05, 4.69) is 22.0 Å². The summed E-state index contributed by atoms with van der Waals surface area (Å²) in [6, 6.07) is 7.83. The fourth-order valence-electron chi connectivity index (χ4n) is 5.70. The number of nitrogens with zero attached hydrogens (tertiary/aromatic N) is 2. The van der Waals surface area contributed by atoms with E-state index < -0.39 is 11.0 Å². The summed E-state index contributed by atoms with van der Waals surface area (Å²) in [5, 5.41) is 3.02. The molecule has 0 radical (unpaired) electrons. The molecule has 1 N–H and O–H groups in total. The van der Waals surface area contributed by atoms with Crippen molar-refractivity contribution in [2.24, 2.45) is 10.8 Å². The van der Waals surface area contributed by atoms with E-state index in [9.17, 15) is 9.59 Å². The zero-order valence-corrected chi connectivity index (χ0v) is 12.8. The van der Waals surface area contributed by atoms with Gasteiger partial charge in [0, 0.05) is 30.9 Å². The number of nitrogens with one attached hydrogen (secondary N) is 1. The summed E-state index contributed by atoms with van der Waals surface area (Å²) in [4.78, 5) is 30.9. The summed E-state index contributed by atoms with van der Waals surface area (Å²) in [6.45, 7) is 6.96. The maximum Gasteiger partial charge on any atom is 0.250 e. The van der Waals surface area contributed by atoms with Gasteiger partial charge in [0.2, 0.25) is 0 Å². The molecule has 22 heavy (non-hydrogen) atoms. The molecule has 0 saturated carbocycles. The average Bonchev–Trinajstić information content (AvgIpc) is 2.76. The summed E-state index contributed by atoms with van der Waals surface area (Å²) >= 11 is 0. The number of Topliss-reactive ketones (excluding diaryl/α,β-unsaturated/α-hetero) is 1. The minimum absolute atomic E-state index is 0.0341. The summed E-state index contributed by atoms with van der Waals surface area (Å²) in [6.07, 6.45) is 0. The van der Waals surface area contributed by atoms with E-state index in [1.165, 1.54) is 0 Å². The van der Waals surface area contributed by atoms with Gasteiger partial charge in [-0.25, -0.2) is 0 Å². The monoisotopic (exact) mass is 297 g/mol. The number of anilines is 1. The molecule has 6 rings (SSSR count). The van der Waals surface area contributed by atoms with Gasteiger partial charge in [0.05, 0.1) is 17.5 Å². The van der Waals surface area contributed by atoms with Crippen molar-refractivity contribution in [3.05, 3.63) is 29.8 Å². The Morgan fingerprint density at radius 1 is 1.09 bits per heavy atom. The van der Waals surface area contributed by atoms with Crippen molar-refractivity contribution in [3.63, 3.8) is 0 Å². The molecule has 5 heteroatoms. The van der Waals surface area contributed by atoms with Crippen LogP contribution >= 0.6 is 0 Å². The van der Waals surface area contributed by atoms with E-state index in [1.54, 1.807) is 0 Å². The van der Waals surface area contributed by atoms with Gasteiger partial charge >= 0.3 is 0 Å². The Morgan fingerprint density at radius 3 is 2.68 bits per heavy atom. The summed E-state index contributed by atoms with van der Waals surface area (Å²) in [5.74, 6) is 0.215. The normalized spacial score (nSPS) is 47.9. The van der Waals surface area contributed by atoms with E-state index in [-0.39, 0.29) is 17.1 Å². The van der Waals surface area contributed by atoms with Crippen LogP contribution in [0.2, 0.25) is 0 Å². The molecule has 4 bridgehead atoms. The lowest BCUT2D eigenvalue weighted by atomic mass is 9.52. The van der Waals surface area contributed by atoms with Crippen LogP contribution in [0.5, 0.6) is 0 Å². The first kappa shape index (κ1) is 12.8. The van der Waals surface area contributed by atoms with Crippen molar-refractivity contribution >= 4 is 17.4 Å². The zero-order valence-electron chi connectivity index (χ0n) is 12.8. The molecule has 1 aromatic carbocycles. The largest absolute Gasteiger partial charge is 0.324 e. The maximum absolute atomic E-state index is 13.3. The number of rotatable bonds is 0. The standard InChI is InChI=1S/C17H19N3O2/c1-15-7-19-9-16(2,13(15)21)17(20(8-15)10-19)11-5-3-4-6-12(11)18-14(17)22/h3-6H,7-10H2,1-2H3,(H,18,22)/t15-,16+,17+/m1/s1. The first-order valence-electron chi connectivity index (χ1n) is 7.85. The van der Waals surface area contributed by atoms with Gasteiger partial charge in [-0.3, -0.25) is 19.4 Å². The molecule has 5 atom stereocenters. The lowest BCUT2D eigenvalue weighted by molar-refractivity contribution is -0.220. The molecule has 1 spiro atoms. The molecule has 4 saturated heterocycles. The Morgan fingerprint density at radius 2 is 1.86 bits per heavy atom. The average molecular weight is 297 g/mol. The van der Waals surface area contributed by atoms with Crippen molar-refractivity contribution in [1.29, 1.82) is 0 Å². The van der Waals surface area contributed by atoms with Gasteiger partial charge in [0.25, 0.3) is 5.91 Å². The topological polar surface area (TPSA) is 52.6 Å². The highest BCUT2D eigenvalue weighted by Crippen LogP contribution is 2.62. The van der Waals surface area contributed by atoms with Crippen LogP contribution in [0.15, 0.2) is 24.3 Å². The molecule has 0 aliphatic carbocycles. The molecular formula is C17H19N3O2. The van der Waals surface area contributed by atoms with Crippen LogP contribution in [0.4, 0.5) is 5.69 Å². The van der Waals surface area contributed by atoms with Crippen LogP contribution in [0, 0.1) is 10.8 Å². The molecule has 5 aliphatic rings. The number of amides is 1. The summed E-state index contributed by atoms with van der Waals surface area (Å²) < 4.78 is 0. The number of fused-ring (bicyclic) bond motifs is 1. The highest BCUT2D eigenvalue weighted by molar-refractivity contribution is 6.12. The number of hydrogen-bond donors (Lipinski definition) is 1. The number of carbonyl (C=O) groups excluding carboxylic acids is 2. The first-order valence-corrected chi connectivity index (χ1v) is 7.85. The van der Waals surface area contributed by atoms with Crippen LogP contribution in [-0.2, 0) is 15.1 Å². The SMILES string of the molecule is C[C@@]12CN3CN(C1)[C@@]1(C(=O)Nc4ccccc41)[C@@](C)(C3)C2=O. The molecule has 0 aromatic heterocycles. The van der Waals surface area contributed by atoms with Crippen LogP contribution in [0.25, 0.3) is 0 Å². The van der Waals surface area contributed by atoms with Crippen molar-refractivity contribution in [2.75, 3.05) is 31.6 Å². The van der Waals surface area contributed by atoms with Gasteiger partial charge in [-0.05, 0) is 13.0 Å². The maximum atomic E-state index is 13.3. The van der Waals surface area contributed by atoms with E-state index in [0.29, 0.717) is 13.1 Å². The van der Waals surface area contributed by atoms with Crippen molar-refractivity contribution in [3.8, 4) is 0 Å². The second-order valence-electron chi connectivity index (χ2n) is 7.76. The molecule has 2 unspecified atom stereocenters. The number of carbonyl (C=O) groups is 2. The third-order valence-corrected chi connectivity index (χ3v) is 6.24. The molecular weight excluding hydrogens is 278 g/mol. The van der Waals surface area contributed by atoms with Gasteiger partial charge in [0.15, 0.2) is 5.78 Å². The molecule has 4 fully saturated rings. The second-order valence-corrected chi connectivity index (χ2v) is 7.76. The van der Waals surface area contributed by atoms with E-state index in [1.807, 2.05) is 31.2 Å². The summed E-state index contributed by atoms with van der Waals surface area (Å²) in [7, 11) is 0. The predicted molar refractivity (Wildman–Crippen MR) is 81.1 cm³/mol. The van der Waals surface area contributed by atoms with Crippen molar-refractivity contribution in [1.82, 2.24) is 9.80 Å². The Labute approximate surface area is 129 Å². The lowest BCUT2D eigenvalue weighted by Crippen LogP contribution is -2.83. The van der Waals surface area contributed by atoms with Crippen LogP contribution < -0.4 is 5.32 Å². The number of para-hydroxylation sites is 1. The number of piperidine rings is 2. The Balaban J connectivity index is 1.83. The van der Waals surface area contributed by atoms with Crippen molar-refractivity contribution < 1.29 is 9.59 Å². The Kier molecular flexibility index (Phi) is 2.00. The highest BCUT2D eigenvalue weighted by Gasteiger charge is 2.75. The van der Waals surface area contributed by atoms with Crippen LogP contribution in [0.1, 0.15) is 19.4 Å². The Hall–Kier alpha value is -1.72. The lowest BCUT2D eigenvalue weighted by Gasteiger charge is -2.68. The quantitative estimate of drug-likeness (QED) is 0.777. The highest BCUT2D eigenvalue weighted by atomic mass is 16.2. The number of hydrogen-bond acceptors (Lipinski definition) is 4. The third-order valence-electron chi connectivity index (χ3n) is 6.24. The van der Waals surface area contributed by atoms with E-state index >= 15 is 0 Å². The van der Waals surface area contributed by atoms with Crippen LogP contribution in [0.3, 0.4) is 0 Å². The smallest absolute Gasteiger partial charge is 0.250 e. The van der Waals surface area contributed by atoms with Crippen LogP contribution in [-0.4, -0.2) is 47.8 Å². The van der Waals surface area contributed by atoms with E-state index in [0.717, 1.165) is 24.5 Å². The molecule has 5 aliphatic heterocycles. The number of benzene rings is 1. The molecule has 1 amide bonds. The second kappa shape index (κ2) is 3.44. The minimum Gasteiger partial charge on any atom is -0.324 e. The molecule has 5 nitrogen and oxygen atoms in total. The predicted octanol–water partition coefficient (Wildman–Crippen LogP) is 1.02. The van der Waals surface area contributed by atoms with Gasteiger partial charge in [-0.2, -0.15) is 0 Å². The first-order chi connectivity index (χ1) is 10.4. The Bertz CT molecular complexity index is 747. The molecule has 1 aromatic rings. The third kappa shape index (κ3) is 1.07. The zero-order chi connectivity index (χ0) is 15.3. The van der Waals surface area contributed by atoms with Crippen molar-refractivity contribution in [2.45, 2.75) is 19.4 Å². The fourth-order valence-corrected chi connectivity index (χ4v) is 5.70. The minimum atomic E-state index is -0.836. The van der Waals surface area contributed by atoms with Gasteiger partial charge < -0.3 is 5.32 Å². The van der Waals surface area contributed by atoms with Gasteiger partial charge in [-0.15, -0.1) is 0 Å².